The molecule has 0 bridgehead atoms. The Bertz CT molecular complexity index is 622. The lowest BCUT2D eigenvalue weighted by molar-refractivity contribution is -0.140. The molecule has 1 aromatic carbocycles. The van der Waals surface area contributed by atoms with Crippen molar-refractivity contribution in [3.05, 3.63) is 42.1 Å². The molecule has 0 radical (unpaired) electrons. The van der Waals surface area contributed by atoms with Crippen molar-refractivity contribution in [2.45, 2.75) is 6.42 Å². The molecule has 1 N–H and O–H groups in total. The molecule has 2 aromatic rings. The zero-order valence-corrected chi connectivity index (χ0v) is 12.0. The molecule has 0 aliphatic carbocycles. The number of H-pyrrole nitrogens is 1. The summed E-state index contributed by atoms with van der Waals surface area (Å²) in [5, 5.41) is 6.79. The average Bonchev–Trinajstić information content (AvgIpc) is 3.01. The van der Waals surface area contributed by atoms with Crippen molar-refractivity contribution in [1.29, 1.82) is 0 Å². The van der Waals surface area contributed by atoms with Gasteiger partial charge in [0.25, 0.3) is 5.91 Å². The molecule has 0 unspecified atom stereocenters. The number of nitrogens with one attached hydrogen (secondary N) is 1. The molecule has 1 heterocycles. The van der Waals surface area contributed by atoms with E-state index >= 15 is 0 Å². The number of ether oxygens (including phenoxy) is 1. The van der Waals surface area contributed by atoms with Gasteiger partial charge >= 0.3 is 5.97 Å². The highest BCUT2D eigenvalue weighted by atomic mass is 16.5. The highest BCUT2D eigenvalue weighted by Gasteiger charge is 2.19. The molecular formula is C15H17N3O3. The zero-order chi connectivity index (χ0) is 15.2. The van der Waals surface area contributed by atoms with Crippen LogP contribution in [0.4, 0.5) is 0 Å². The molecule has 6 heteroatoms. The monoisotopic (exact) mass is 287 g/mol. The Morgan fingerprint density at radius 3 is 2.67 bits per heavy atom. The third kappa shape index (κ3) is 3.47. The van der Waals surface area contributed by atoms with Crippen LogP contribution in [0.25, 0.3) is 11.3 Å². The molecule has 6 nitrogen and oxygen atoms in total. The van der Waals surface area contributed by atoms with Gasteiger partial charge in [0, 0.05) is 19.2 Å². The van der Waals surface area contributed by atoms with Crippen LogP contribution >= 0.6 is 0 Å². The van der Waals surface area contributed by atoms with Crippen LogP contribution in [0.2, 0.25) is 0 Å². The topological polar surface area (TPSA) is 75.3 Å². The fourth-order valence-corrected chi connectivity index (χ4v) is 1.94. The van der Waals surface area contributed by atoms with E-state index in [4.69, 9.17) is 0 Å². The maximum Gasteiger partial charge on any atom is 0.307 e. The molecule has 2 rings (SSSR count). The van der Waals surface area contributed by atoms with Gasteiger partial charge in [-0.25, -0.2) is 0 Å². The van der Waals surface area contributed by atoms with E-state index in [1.54, 1.807) is 7.05 Å². The van der Waals surface area contributed by atoms with Crippen molar-refractivity contribution >= 4 is 11.9 Å². The van der Waals surface area contributed by atoms with Gasteiger partial charge in [-0.3, -0.25) is 14.7 Å². The predicted octanol–water partition coefficient (Wildman–Crippen LogP) is 1.71. The van der Waals surface area contributed by atoms with Gasteiger partial charge in [-0.2, -0.15) is 5.10 Å². The Hall–Kier alpha value is -2.63. The first kappa shape index (κ1) is 14.8. The standard InChI is InChI=1S/C15H17N3O3/c1-18(9-8-13(19)21-2)15(20)12-10-16-17-14(12)11-6-4-3-5-7-11/h3-7,10H,8-9H2,1-2H3,(H,16,17). The minimum Gasteiger partial charge on any atom is -0.469 e. The number of aromatic amines is 1. The Morgan fingerprint density at radius 1 is 1.29 bits per heavy atom. The maximum absolute atomic E-state index is 12.4. The van der Waals surface area contributed by atoms with Crippen molar-refractivity contribution in [1.82, 2.24) is 15.1 Å². The summed E-state index contributed by atoms with van der Waals surface area (Å²) in [6.45, 7) is 0.297. The lowest BCUT2D eigenvalue weighted by Crippen LogP contribution is -2.29. The van der Waals surface area contributed by atoms with E-state index < -0.39 is 0 Å². The average molecular weight is 287 g/mol. The third-order valence-corrected chi connectivity index (χ3v) is 3.16. The minimum atomic E-state index is -0.342. The van der Waals surface area contributed by atoms with Gasteiger partial charge in [-0.1, -0.05) is 30.3 Å². The Kier molecular flexibility index (Phi) is 4.71. The first-order valence-electron chi connectivity index (χ1n) is 6.54. The van der Waals surface area contributed by atoms with E-state index in [2.05, 4.69) is 14.9 Å². The van der Waals surface area contributed by atoms with E-state index in [-0.39, 0.29) is 18.3 Å². The number of methoxy groups -OCH3 is 1. The van der Waals surface area contributed by atoms with Crippen LogP contribution in [0.1, 0.15) is 16.8 Å². The molecule has 0 spiro atoms. The Morgan fingerprint density at radius 2 is 2.00 bits per heavy atom. The van der Waals surface area contributed by atoms with E-state index in [1.165, 1.54) is 18.2 Å². The lowest BCUT2D eigenvalue weighted by atomic mass is 10.1. The second-order valence-electron chi connectivity index (χ2n) is 4.58. The van der Waals surface area contributed by atoms with Gasteiger partial charge in [0.05, 0.1) is 31.0 Å². The number of carbonyl (C=O) groups excluding carboxylic acids is 2. The van der Waals surface area contributed by atoms with Crippen molar-refractivity contribution in [3.63, 3.8) is 0 Å². The molecule has 0 saturated heterocycles. The van der Waals surface area contributed by atoms with Gasteiger partial charge in [-0.15, -0.1) is 0 Å². The van der Waals surface area contributed by atoms with Gasteiger partial charge in [0.2, 0.25) is 0 Å². The summed E-state index contributed by atoms with van der Waals surface area (Å²) >= 11 is 0. The Labute approximate surface area is 122 Å². The van der Waals surface area contributed by atoms with Crippen molar-refractivity contribution in [2.24, 2.45) is 0 Å². The van der Waals surface area contributed by atoms with Crippen LogP contribution in [0, 0.1) is 0 Å². The number of carbonyl (C=O) groups is 2. The van der Waals surface area contributed by atoms with E-state index in [0.717, 1.165) is 5.56 Å². The molecule has 1 amide bonds. The van der Waals surface area contributed by atoms with Crippen LogP contribution in [-0.2, 0) is 9.53 Å². The van der Waals surface area contributed by atoms with Crippen LogP contribution in [0.3, 0.4) is 0 Å². The van der Waals surface area contributed by atoms with Gasteiger partial charge in [0.15, 0.2) is 0 Å². The van der Waals surface area contributed by atoms with Crippen LogP contribution in [0.5, 0.6) is 0 Å². The summed E-state index contributed by atoms with van der Waals surface area (Å²) in [4.78, 5) is 25.0. The number of amides is 1. The van der Waals surface area contributed by atoms with Gasteiger partial charge < -0.3 is 9.64 Å². The summed E-state index contributed by atoms with van der Waals surface area (Å²) in [5.74, 6) is -0.531. The second-order valence-corrected chi connectivity index (χ2v) is 4.58. The first-order chi connectivity index (χ1) is 10.1. The number of hydrogen-bond donors (Lipinski definition) is 1. The van der Waals surface area contributed by atoms with Gasteiger partial charge in [0.1, 0.15) is 0 Å². The minimum absolute atomic E-state index is 0.164. The summed E-state index contributed by atoms with van der Waals surface area (Å²) in [7, 11) is 2.97. The number of benzene rings is 1. The first-order valence-corrected chi connectivity index (χ1v) is 6.54. The largest absolute Gasteiger partial charge is 0.469 e. The molecular weight excluding hydrogens is 270 g/mol. The van der Waals surface area contributed by atoms with Crippen molar-refractivity contribution < 1.29 is 14.3 Å². The number of hydrogen-bond acceptors (Lipinski definition) is 4. The number of esters is 1. The maximum atomic E-state index is 12.4. The summed E-state index contributed by atoms with van der Waals surface area (Å²) in [6, 6.07) is 9.50. The second kappa shape index (κ2) is 6.69. The lowest BCUT2D eigenvalue weighted by Gasteiger charge is -2.16. The van der Waals surface area contributed by atoms with Crippen LogP contribution in [0.15, 0.2) is 36.5 Å². The number of aromatic nitrogens is 2. The quantitative estimate of drug-likeness (QED) is 0.849. The molecule has 0 fully saturated rings. The SMILES string of the molecule is COC(=O)CCN(C)C(=O)c1cn[nH]c1-c1ccccc1. The van der Waals surface area contributed by atoms with Gasteiger partial charge in [-0.05, 0) is 0 Å². The molecule has 0 aliphatic heterocycles. The third-order valence-electron chi connectivity index (χ3n) is 3.16. The predicted molar refractivity (Wildman–Crippen MR) is 77.6 cm³/mol. The molecule has 0 atom stereocenters. The molecule has 0 saturated carbocycles. The smallest absolute Gasteiger partial charge is 0.307 e. The van der Waals surface area contributed by atoms with E-state index in [9.17, 15) is 9.59 Å². The Balaban J connectivity index is 2.14. The fraction of sp³-hybridized carbons (Fsp3) is 0.267. The number of nitrogens with zero attached hydrogens (tertiary/aromatic N) is 2. The van der Waals surface area contributed by atoms with Crippen molar-refractivity contribution in [3.8, 4) is 11.3 Å². The van der Waals surface area contributed by atoms with Crippen LogP contribution in [-0.4, -0.2) is 47.7 Å². The highest BCUT2D eigenvalue weighted by Crippen LogP contribution is 2.21. The molecule has 21 heavy (non-hydrogen) atoms. The number of rotatable bonds is 5. The van der Waals surface area contributed by atoms with E-state index in [1.807, 2.05) is 30.3 Å². The summed E-state index contributed by atoms with van der Waals surface area (Å²) in [6.07, 6.45) is 1.66. The zero-order valence-electron chi connectivity index (χ0n) is 12.0. The highest BCUT2D eigenvalue weighted by molar-refractivity contribution is 5.99. The normalized spacial score (nSPS) is 10.2. The molecule has 0 aliphatic rings. The summed E-state index contributed by atoms with van der Waals surface area (Å²) in [5.41, 5.74) is 2.04. The van der Waals surface area contributed by atoms with E-state index in [0.29, 0.717) is 17.8 Å². The molecule has 110 valence electrons. The molecule has 1 aromatic heterocycles. The fourth-order valence-electron chi connectivity index (χ4n) is 1.94. The summed E-state index contributed by atoms with van der Waals surface area (Å²) < 4.78 is 4.57. The van der Waals surface area contributed by atoms with Crippen molar-refractivity contribution in [2.75, 3.05) is 20.7 Å². The van der Waals surface area contributed by atoms with Crippen LogP contribution < -0.4 is 0 Å².